The summed E-state index contributed by atoms with van der Waals surface area (Å²) in [6.07, 6.45) is 3.60. The van der Waals surface area contributed by atoms with Gasteiger partial charge in [-0.25, -0.2) is 9.97 Å². The number of rotatable bonds is 5. The number of hydrogen-bond donors (Lipinski definition) is 4. The van der Waals surface area contributed by atoms with Gasteiger partial charge in [-0.15, -0.1) is 0 Å². The molecule has 1 amide bonds. The van der Waals surface area contributed by atoms with Gasteiger partial charge in [-0.05, 0) is 42.3 Å². The molecule has 0 spiro atoms. The van der Waals surface area contributed by atoms with Crippen LogP contribution < -0.4 is 16.4 Å². The second-order valence-electron chi connectivity index (χ2n) is 7.37. The summed E-state index contributed by atoms with van der Waals surface area (Å²) in [7, 11) is 0. The Bertz CT molecular complexity index is 1430. The maximum atomic E-state index is 11.3. The molecule has 0 unspecified atom stereocenters. The summed E-state index contributed by atoms with van der Waals surface area (Å²) in [5.41, 5.74) is 9.89. The molecule has 4 heterocycles. The lowest BCUT2D eigenvalue weighted by Crippen LogP contribution is -2.05. The van der Waals surface area contributed by atoms with E-state index in [1.165, 1.54) is 6.92 Å². The van der Waals surface area contributed by atoms with Crippen LogP contribution in [0.3, 0.4) is 0 Å². The van der Waals surface area contributed by atoms with Crippen molar-refractivity contribution in [3.05, 3.63) is 60.7 Å². The van der Waals surface area contributed by atoms with Crippen molar-refractivity contribution in [1.29, 1.82) is 0 Å². The maximum Gasteiger partial charge on any atom is 0.223 e. The average Bonchev–Trinajstić information content (AvgIpc) is 3.40. The van der Waals surface area contributed by atoms with E-state index in [4.69, 9.17) is 10.7 Å². The van der Waals surface area contributed by atoms with Gasteiger partial charge in [0.2, 0.25) is 11.9 Å². The Labute approximate surface area is 188 Å². The highest BCUT2D eigenvalue weighted by Gasteiger charge is 2.19. The van der Waals surface area contributed by atoms with E-state index in [0.717, 1.165) is 16.8 Å². The first-order valence-corrected chi connectivity index (χ1v) is 10.1. The van der Waals surface area contributed by atoms with Gasteiger partial charge in [0.1, 0.15) is 23.0 Å². The molecule has 11 nitrogen and oxygen atoms in total. The topological polar surface area (TPSA) is 152 Å². The molecule has 0 radical (unpaired) electrons. The number of H-pyrrole nitrogens is 1. The number of nitrogens with zero attached hydrogens (tertiary/aromatic N) is 6. The Morgan fingerprint density at radius 2 is 1.79 bits per heavy atom. The van der Waals surface area contributed by atoms with Crippen molar-refractivity contribution >= 4 is 34.8 Å². The van der Waals surface area contributed by atoms with Crippen molar-refractivity contribution in [2.45, 2.75) is 13.8 Å². The van der Waals surface area contributed by atoms with Crippen LogP contribution in [0.15, 0.2) is 54.9 Å². The van der Waals surface area contributed by atoms with E-state index in [0.29, 0.717) is 34.6 Å². The average molecular weight is 440 g/mol. The first kappa shape index (κ1) is 20.1. The number of aromatic nitrogens is 7. The van der Waals surface area contributed by atoms with Crippen LogP contribution in [0.4, 0.5) is 23.3 Å². The van der Waals surface area contributed by atoms with Gasteiger partial charge in [0, 0.05) is 24.9 Å². The summed E-state index contributed by atoms with van der Waals surface area (Å²) in [6, 6.07) is 13.3. The standard InChI is InChI=1S/C22H20N10O/c1-12-25-20(30-22(23)26-12)19-21(28-17-9-10-24-31-17)29-18-8-5-15(11-32(18)19)14-3-6-16(7-4-14)27-13(2)33/h3-11H,1-2H3,(H,27,33)(H2,24,28,31)(H2,23,25,26,30). The molecular formula is C22H20N10O. The fourth-order valence-electron chi connectivity index (χ4n) is 3.53. The normalized spacial score (nSPS) is 11.0. The van der Waals surface area contributed by atoms with E-state index in [1.54, 1.807) is 19.2 Å². The number of amides is 1. The van der Waals surface area contributed by atoms with Crippen LogP contribution >= 0.6 is 0 Å². The van der Waals surface area contributed by atoms with Gasteiger partial charge in [0.25, 0.3) is 0 Å². The highest BCUT2D eigenvalue weighted by Crippen LogP contribution is 2.31. The molecule has 0 aliphatic rings. The van der Waals surface area contributed by atoms with Gasteiger partial charge in [-0.1, -0.05) is 12.1 Å². The molecule has 0 fully saturated rings. The molecule has 0 aliphatic carbocycles. The molecule has 5 aromatic rings. The minimum Gasteiger partial charge on any atom is -0.368 e. The van der Waals surface area contributed by atoms with Gasteiger partial charge < -0.3 is 16.4 Å². The predicted octanol–water partition coefficient (Wildman–Crippen LogP) is 3.17. The first-order valence-electron chi connectivity index (χ1n) is 10.1. The summed E-state index contributed by atoms with van der Waals surface area (Å²) < 4.78 is 1.91. The summed E-state index contributed by atoms with van der Waals surface area (Å²) in [5, 5.41) is 12.8. The lowest BCUT2D eigenvalue weighted by Gasteiger charge is -2.08. The molecule has 0 atom stereocenters. The summed E-state index contributed by atoms with van der Waals surface area (Å²) in [4.78, 5) is 28.9. The van der Waals surface area contributed by atoms with Gasteiger partial charge in [0.15, 0.2) is 11.6 Å². The predicted molar refractivity (Wildman–Crippen MR) is 125 cm³/mol. The highest BCUT2D eigenvalue weighted by atomic mass is 16.1. The number of anilines is 4. The van der Waals surface area contributed by atoms with Crippen LogP contribution in [0.1, 0.15) is 12.7 Å². The van der Waals surface area contributed by atoms with Crippen LogP contribution in [-0.4, -0.2) is 40.4 Å². The molecule has 0 saturated heterocycles. The fraction of sp³-hybridized carbons (Fsp3) is 0.0909. The minimum absolute atomic E-state index is 0.114. The lowest BCUT2D eigenvalue weighted by molar-refractivity contribution is -0.114. The summed E-state index contributed by atoms with van der Waals surface area (Å²) in [5.74, 6) is 2.13. The molecule has 33 heavy (non-hydrogen) atoms. The van der Waals surface area contributed by atoms with Crippen LogP contribution in [0.2, 0.25) is 0 Å². The second kappa shape index (κ2) is 8.04. The third kappa shape index (κ3) is 4.06. The number of benzene rings is 1. The van der Waals surface area contributed by atoms with Crippen LogP contribution in [-0.2, 0) is 4.79 Å². The molecule has 11 heteroatoms. The molecule has 5 N–H and O–H groups in total. The zero-order valence-corrected chi connectivity index (χ0v) is 17.9. The van der Waals surface area contributed by atoms with E-state index in [-0.39, 0.29) is 11.9 Å². The molecule has 164 valence electrons. The third-order valence-corrected chi connectivity index (χ3v) is 4.89. The number of fused-ring (bicyclic) bond motifs is 1. The van der Waals surface area contributed by atoms with E-state index in [9.17, 15) is 4.79 Å². The molecule has 0 saturated carbocycles. The van der Waals surface area contributed by atoms with Crippen LogP contribution in [0.25, 0.3) is 28.3 Å². The fourth-order valence-corrected chi connectivity index (χ4v) is 3.53. The second-order valence-corrected chi connectivity index (χ2v) is 7.37. The van der Waals surface area contributed by atoms with Crippen molar-refractivity contribution in [2.75, 3.05) is 16.4 Å². The number of pyridine rings is 1. The number of carbonyl (C=O) groups excluding carboxylic acids is 1. The maximum absolute atomic E-state index is 11.3. The molecular weight excluding hydrogens is 420 g/mol. The Hall–Kier alpha value is -4.80. The summed E-state index contributed by atoms with van der Waals surface area (Å²) in [6.45, 7) is 3.24. The number of hydrogen-bond acceptors (Lipinski definition) is 8. The highest BCUT2D eigenvalue weighted by molar-refractivity contribution is 5.89. The first-order chi connectivity index (χ1) is 16.0. The number of aromatic amines is 1. The number of carbonyl (C=O) groups is 1. The van der Waals surface area contributed by atoms with Gasteiger partial charge >= 0.3 is 0 Å². The van der Waals surface area contributed by atoms with Gasteiger partial charge in [0.05, 0.1) is 6.20 Å². The van der Waals surface area contributed by atoms with Crippen molar-refractivity contribution in [1.82, 2.24) is 34.5 Å². The molecule has 0 aliphatic heterocycles. The Morgan fingerprint density at radius 3 is 2.48 bits per heavy atom. The van der Waals surface area contributed by atoms with Crippen molar-refractivity contribution in [3.63, 3.8) is 0 Å². The zero-order valence-electron chi connectivity index (χ0n) is 17.9. The molecule has 1 aromatic carbocycles. The molecule has 0 bridgehead atoms. The largest absolute Gasteiger partial charge is 0.368 e. The third-order valence-electron chi connectivity index (χ3n) is 4.89. The molecule has 5 rings (SSSR count). The number of nitrogen functional groups attached to an aromatic ring is 1. The SMILES string of the molecule is CC(=O)Nc1ccc(-c2ccc3nc(Nc4ccn[nH]4)c(-c4nc(C)nc(N)n4)n3c2)cc1. The Kier molecular flexibility index (Phi) is 4.90. The van der Waals surface area contributed by atoms with E-state index in [2.05, 4.69) is 35.8 Å². The lowest BCUT2D eigenvalue weighted by atomic mass is 10.1. The Balaban J connectivity index is 1.64. The van der Waals surface area contributed by atoms with Crippen molar-refractivity contribution in [2.24, 2.45) is 0 Å². The van der Waals surface area contributed by atoms with E-state index >= 15 is 0 Å². The smallest absolute Gasteiger partial charge is 0.223 e. The molecule has 4 aromatic heterocycles. The zero-order chi connectivity index (χ0) is 22.9. The van der Waals surface area contributed by atoms with Crippen LogP contribution in [0, 0.1) is 6.92 Å². The summed E-state index contributed by atoms with van der Waals surface area (Å²) >= 11 is 0. The van der Waals surface area contributed by atoms with Gasteiger partial charge in [-0.3, -0.25) is 14.3 Å². The van der Waals surface area contributed by atoms with Crippen molar-refractivity contribution < 1.29 is 4.79 Å². The number of nitrogens with two attached hydrogens (primary N) is 1. The monoisotopic (exact) mass is 440 g/mol. The number of nitrogens with one attached hydrogen (secondary N) is 3. The van der Waals surface area contributed by atoms with E-state index in [1.807, 2.05) is 47.0 Å². The van der Waals surface area contributed by atoms with Crippen molar-refractivity contribution in [3.8, 4) is 22.6 Å². The minimum atomic E-state index is -0.114. The van der Waals surface area contributed by atoms with E-state index < -0.39 is 0 Å². The Morgan fingerprint density at radius 1 is 1.00 bits per heavy atom. The quantitative estimate of drug-likeness (QED) is 0.325. The van der Waals surface area contributed by atoms with Gasteiger partial charge in [-0.2, -0.15) is 15.1 Å². The number of aryl methyl sites for hydroxylation is 1. The number of imidazole rings is 1. The van der Waals surface area contributed by atoms with Crippen LogP contribution in [0.5, 0.6) is 0 Å².